The largest absolute Gasteiger partial charge is 0.381 e. The average molecular weight is 249 g/mol. The third-order valence-corrected chi connectivity index (χ3v) is 3.24. The number of H-pyrrole nitrogens is 1. The lowest BCUT2D eigenvalue weighted by molar-refractivity contribution is 0.164. The minimum absolute atomic E-state index is 0.763. The van der Waals surface area contributed by atoms with Crippen LogP contribution in [0, 0.1) is 0 Å². The molecule has 0 aromatic carbocycles. The molecular weight excluding hydrogens is 234 g/mol. The molecule has 17 heavy (non-hydrogen) atoms. The van der Waals surface area contributed by atoms with Crippen LogP contribution in [0.5, 0.6) is 0 Å². The first-order chi connectivity index (χ1) is 8.42. The van der Waals surface area contributed by atoms with Gasteiger partial charge >= 0.3 is 0 Å². The second-order valence-electron chi connectivity index (χ2n) is 3.40. The second kappa shape index (κ2) is 6.42. The molecule has 0 amide bonds. The Kier molecular flexibility index (Phi) is 4.58. The van der Waals surface area contributed by atoms with E-state index in [1.54, 1.807) is 18.0 Å². The topological polar surface area (TPSA) is 50.8 Å². The van der Waals surface area contributed by atoms with Gasteiger partial charge in [0.2, 0.25) is 0 Å². The van der Waals surface area contributed by atoms with Crippen molar-refractivity contribution in [2.75, 3.05) is 19.0 Å². The number of aromatic amines is 1. The summed E-state index contributed by atoms with van der Waals surface area (Å²) in [5, 5.41) is 7.09. The monoisotopic (exact) mass is 249 g/mol. The van der Waals surface area contributed by atoms with Gasteiger partial charge < -0.3 is 4.74 Å². The molecule has 0 aliphatic carbocycles. The first-order valence-electron chi connectivity index (χ1n) is 5.56. The molecule has 0 spiro atoms. The molecule has 0 unspecified atom stereocenters. The van der Waals surface area contributed by atoms with Crippen LogP contribution in [-0.4, -0.2) is 34.1 Å². The first kappa shape index (κ1) is 12.1. The standard InChI is InChI=1S/C12H15N3OS/c1-2-16-6-7-17-11-9-14-15-12(11)10-4-3-5-13-8-10/h3-5,8-9H,2,6-7H2,1H3,(H,14,15). The maximum Gasteiger partial charge on any atom is 0.0801 e. The summed E-state index contributed by atoms with van der Waals surface area (Å²) in [6, 6.07) is 3.94. The average Bonchev–Trinajstić information content (AvgIpc) is 2.84. The van der Waals surface area contributed by atoms with Crippen molar-refractivity contribution in [3.63, 3.8) is 0 Å². The Balaban J connectivity index is 2.02. The molecule has 0 aliphatic rings. The predicted molar refractivity (Wildman–Crippen MR) is 69.0 cm³/mol. The Hall–Kier alpha value is -1.33. The summed E-state index contributed by atoms with van der Waals surface area (Å²) in [5.74, 6) is 0.931. The summed E-state index contributed by atoms with van der Waals surface area (Å²) in [6.45, 7) is 3.53. The molecule has 0 fully saturated rings. The van der Waals surface area contributed by atoms with Crippen LogP contribution in [0.3, 0.4) is 0 Å². The summed E-state index contributed by atoms with van der Waals surface area (Å²) < 4.78 is 5.31. The molecular formula is C12H15N3OS. The zero-order valence-corrected chi connectivity index (χ0v) is 10.5. The molecule has 1 N–H and O–H groups in total. The number of ether oxygens (including phenoxy) is 1. The molecule has 4 nitrogen and oxygen atoms in total. The van der Waals surface area contributed by atoms with E-state index in [9.17, 15) is 0 Å². The number of pyridine rings is 1. The van der Waals surface area contributed by atoms with Gasteiger partial charge in [0.25, 0.3) is 0 Å². The van der Waals surface area contributed by atoms with E-state index >= 15 is 0 Å². The van der Waals surface area contributed by atoms with Gasteiger partial charge in [-0.3, -0.25) is 10.1 Å². The van der Waals surface area contributed by atoms with E-state index in [1.165, 1.54) is 0 Å². The third-order valence-electron chi connectivity index (χ3n) is 2.24. The van der Waals surface area contributed by atoms with Crippen LogP contribution in [0.4, 0.5) is 0 Å². The molecule has 0 bridgehead atoms. The van der Waals surface area contributed by atoms with Gasteiger partial charge in [-0.05, 0) is 19.1 Å². The van der Waals surface area contributed by atoms with Crippen molar-refractivity contribution < 1.29 is 4.74 Å². The molecule has 5 heteroatoms. The minimum Gasteiger partial charge on any atom is -0.381 e. The number of nitrogens with zero attached hydrogens (tertiary/aromatic N) is 2. The highest BCUT2D eigenvalue weighted by Crippen LogP contribution is 2.28. The van der Waals surface area contributed by atoms with Crippen molar-refractivity contribution in [1.82, 2.24) is 15.2 Å². The van der Waals surface area contributed by atoms with Crippen molar-refractivity contribution in [2.24, 2.45) is 0 Å². The van der Waals surface area contributed by atoms with Crippen LogP contribution in [0.15, 0.2) is 35.6 Å². The van der Waals surface area contributed by atoms with Gasteiger partial charge in [0.15, 0.2) is 0 Å². The summed E-state index contributed by atoms with van der Waals surface area (Å²) in [4.78, 5) is 5.25. The fourth-order valence-corrected chi connectivity index (χ4v) is 2.31. The number of nitrogens with one attached hydrogen (secondary N) is 1. The van der Waals surface area contributed by atoms with Gasteiger partial charge in [0.05, 0.1) is 23.4 Å². The lowest BCUT2D eigenvalue weighted by atomic mass is 10.2. The van der Waals surface area contributed by atoms with E-state index in [-0.39, 0.29) is 0 Å². The number of aromatic nitrogens is 3. The zero-order valence-electron chi connectivity index (χ0n) is 9.72. The summed E-state index contributed by atoms with van der Waals surface area (Å²) in [7, 11) is 0. The Labute approximate surface area is 105 Å². The summed E-state index contributed by atoms with van der Waals surface area (Å²) in [5.41, 5.74) is 2.09. The number of hydrogen-bond donors (Lipinski definition) is 1. The van der Waals surface area contributed by atoms with Crippen LogP contribution in [0.2, 0.25) is 0 Å². The van der Waals surface area contributed by atoms with E-state index in [1.807, 2.05) is 31.5 Å². The fourth-order valence-electron chi connectivity index (χ4n) is 1.46. The molecule has 2 aromatic heterocycles. The number of hydrogen-bond acceptors (Lipinski definition) is 4. The van der Waals surface area contributed by atoms with E-state index in [0.29, 0.717) is 0 Å². The lowest BCUT2D eigenvalue weighted by Gasteiger charge is -2.03. The smallest absolute Gasteiger partial charge is 0.0801 e. The molecule has 0 radical (unpaired) electrons. The lowest BCUT2D eigenvalue weighted by Crippen LogP contribution is -1.95. The fraction of sp³-hybridized carbons (Fsp3) is 0.333. The normalized spacial score (nSPS) is 10.6. The van der Waals surface area contributed by atoms with Gasteiger partial charge in [-0.2, -0.15) is 5.10 Å². The Morgan fingerprint density at radius 3 is 3.12 bits per heavy atom. The van der Waals surface area contributed by atoms with Crippen LogP contribution in [0.25, 0.3) is 11.3 Å². The Morgan fingerprint density at radius 2 is 2.35 bits per heavy atom. The molecule has 0 saturated carbocycles. The first-order valence-corrected chi connectivity index (χ1v) is 6.54. The summed E-state index contributed by atoms with van der Waals surface area (Å²) >= 11 is 1.74. The third kappa shape index (κ3) is 3.31. The van der Waals surface area contributed by atoms with Crippen molar-refractivity contribution in [2.45, 2.75) is 11.8 Å². The molecule has 0 saturated heterocycles. The van der Waals surface area contributed by atoms with Gasteiger partial charge in [-0.1, -0.05) is 0 Å². The van der Waals surface area contributed by atoms with Gasteiger partial charge in [-0.15, -0.1) is 11.8 Å². The van der Waals surface area contributed by atoms with E-state index in [0.717, 1.165) is 35.1 Å². The highest BCUT2D eigenvalue weighted by atomic mass is 32.2. The molecule has 0 atom stereocenters. The Morgan fingerprint density at radius 1 is 1.41 bits per heavy atom. The maximum atomic E-state index is 5.31. The van der Waals surface area contributed by atoms with Gasteiger partial charge in [0, 0.05) is 30.3 Å². The van der Waals surface area contributed by atoms with Crippen molar-refractivity contribution in [3.8, 4) is 11.3 Å². The second-order valence-corrected chi connectivity index (χ2v) is 4.53. The van der Waals surface area contributed by atoms with Crippen LogP contribution >= 0.6 is 11.8 Å². The summed E-state index contributed by atoms with van der Waals surface area (Å²) in [6.07, 6.45) is 5.45. The minimum atomic E-state index is 0.763. The van der Waals surface area contributed by atoms with Crippen molar-refractivity contribution in [3.05, 3.63) is 30.7 Å². The van der Waals surface area contributed by atoms with Crippen LogP contribution < -0.4 is 0 Å². The maximum absolute atomic E-state index is 5.31. The molecule has 2 heterocycles. The van der Waals surface area contributed by atoms with Gasteiger partial charge in [-0.25, -0.2) is 0 Å². The highest BCUT2D eigenvalue weighted by molar-refractivity contribution is 7.99. The molecule has 2 rings (SSSR count). The van der Waals surface area contributed by atoms with Crippen molar-refractivity contribution >= 4 is 11.8 Å². The molecule has 2 aromatic rings. The van der Waals surface area contributed by atoms with Crippen molar-refractivity contribution in [1.29, 1.82) is 0 Å². The molecule has 90 valence electrons. The number of thioether (sulfide) groups is 1. The zero-order chi connectivity index (χ0) is 11.9. The SMILES string of the molecule is CCOCCSc1cn[nH]c1-c1cccnc1. The predicted octanol–water partition coefficient (Wildman–Crippen LogP) is 2.60. The van der Waals surface area contributed by atoms with Crippen LogP contribution in [0.1, 0.15) is 6.92 Å². The number of rotatable bonds is 6. The van der Waals surface area contributed by atoms with Crippen LogP contribution in [-0.2, 0) is 4.74 Å². The van der Waals surface area contributed by atoms with E-state index in [2.05, 4.69) is 15.2 Å². The highest BCUT2D eigenvalue weighted by Gasteiger charge is 2.07. The quantitative estimate of drug-likeness (QED) is 0.631. The molecule has 0 aliphatic heterocycles. The van der Waals surface area contributed by atoms with Gasteiger partial charge in [0.1, 0.15) is 0 Å². The van der Waals surface area contributed by atoms with E-state index < -0.39 is 0 Å². The van der Waals surface area contributed by atoms with E-state index in [4.69, 9.17) is 4.74 Å². The Bertz CT molecular complexity index is 444.